The van der Waals surface area contributed by atoms with E-state index in [1.807, 2.05) is 26.4 Å². The monoisotopic (exact) mass is 357 g/mol. The van der Waals surface area contributed by atoms with Crippen LogP contribution in [0.2, 0.25) is 0 Å². The molecule has 0 spiro atoms. The summed E-state index contributed by atoms with van der Waals surface area (Å²) in [6.07, 6.45) is 2.35. The molecule has 5 rings (SSSR count). The number of aromatic nitrogens is 4. The van der Waals surface area contributed by atoms with E-state index in [0.717, 1.165) is 30.4 Å². The van der Waals surface area contributed by atoms with Crippen LogP contribution in [0.4, 0.5) is 10.6 Å². The van der Waals surface area contributed by atoms with Gasteiger partial charge in [0, 0.05) is 45.2 Å². The number of hydrogen-bond acceptors (Lipinski definition) is 6. The Hall–Kier alpha value is -2.42. The maximum atomic E-state index is 12.6. The van der Waals surface area contributed by atoms with Crippen molar-refractivity contribution in [2.75, 3.05) is 57.4 Å². The second kappa shape index (κ2) is 6.39. The topological polar surface area (TPSA) is 79.1 Å². The van der Waals surface area contributed by atoms with Crippen LogP contribution in [0.5, 0.6) is 0 Å². The van der Waals surface area contributed by atoms with E-state index in [1.165, 1.54) is 12.8 Å². The fraction of sp³-hybridized carbons (Fsp3) is 0.647. The molecule has 3 aliphatic rings. The van der Waals surface area contributed by atoms with Gasteiger partial charge in [0.25, 0.3) is 0 Å². The zero-order valence-electron chi connectivity index (χ0n) is 14.8. The average Bonchev–Trinajstić information content (AvgIpc) is 3.47. The van der Waals surface area contributed by atoms with Crippen LogP contribution in [0, 0.1) is 0 Å². The first-order valence-electron chi connectivity index (χ1n) is 9.38. The smallest absolute Gasteiger partial charge is 0.320 e. The van der Waals surface area contributed by atoms with Gasteiger partial charge in [0.1, 0.15) is 5.82 Å². The number of rotatable bonds is 2. The zero-order valence-corrected chi connectivity index (χ0v) is 14.8. The van der Waals surface area contributed by atoms with E-state index < -0.39 is 0 Å². The van der Waals surface area contributed by atoms with Crippen molar-refractivity contribution in [3.63, 3.8) is 0 Å². The molecule has 0 aromatic carbocycles. The van der Waals surface area contributed by atoms with Crippen molar-refractivity contribution in [2.24, 2.45) is 0 Å². The summed E-state index contributed by atoms with van der Waals surface area (Å²) in [7, 11) is 0. The highest BCUT2D eigenvalue weighted by molar-refractivity contribution is 5.75. The maximum absolute atomic E-state index is 12.6. The molecule has 1 aliphatic carbocycles. The lowest BCUT2D eigenvalue weighted by Gasteiger charge is -2.38. The van der Waals surface area contributed by atoms with E-state index in [4.69, 9.17) is 9.84 Å². The number of carbonyl (C=O) groups excluding carboxylic acids is 1. The van der Waals surface area contributed by atoms with Crippen molar-refractivity contribution in [1.29, 1.82) is 0 Å². The summed E-state index contributed by atoms with van der Waals surface area (Å²) in [6, 6.07) is 4.11. The lowest BCUT2D eigenvalue weighted by molar-refractivity contribution is 0.0428. The number of nitrogens with zero attached hydrogens (tertiary/aromatic N) is 7. The Morgan fingerprint density at radius 2 is 1.69 bits per heavy atom. The predicted octanol–water partition coefficient (Wildman–Crippen LogP) is 0.576. The minimum atomic E-state index is 0.131. The molecule has 26 heavy (non-hydrogen) atoms. The van der Waals surface area contributed by atoms with Crippen LogP contribution >= 0.6 is 0 Å². The molecule has 0 bridgehead atoms. The van der Waals surface area contributed by atoms with Gasteiger partial charge in [0.15, 0.2) is 11.5 Å². The van der Waals surface area contributed by atoms with Gasteiger partial charge in [0.05, 0.1) is 13.2 Å². The summed E-state index contributed by atoms with van der Waals surface area (Å²) >= 11 is 0. The van der Waals surface area contributed by atoms with Crippen molar-refractivity contribution in [1.82, 2.24) is 29.6 Å². The van der Waals surface area contributed by atoms with Crippen molar-refractivity contribution < 1.29 is 9.53 Å². The SMILES string of the molecule is O=C(N1CCOCC1)N1CCN(c2ccc3nnc(C4CC4)n3n2)CC1. The number of urea groups is 1. The molecule has 0 unspecified atom stereocenters. The van der Waals surface area contributed by atoms with E-state index >= 15 is 0 Å². The highest BCUT2D eigenvalue weighted by atomic mass is 16.5. The second-order valence-electron chi connectivity index (χ2n) is 7.15. The van der Waals surface area contributed by atoms with Crippen LogP contribution in [0.1, 0.15) is 24.6 Å². The van der Waals surface area contributed by atoms with E-state index in [-0.39, 0.29) is 6.03 Å². The molecule has 2 aliphatic heterocycles. The molecule has 138 valence electrons. The Morgan fingerprint density at radius 3 is 2.42 bits per heavy atom. The molecular formula is C17H23N7O2. The van der Waals surface area contributed by atoms with Crippen LogP contribution < -0.4 is 4.90 Å². The number of ether oxygens (including phenoxy) is 1. The van der Waals surface area contributed by atoms with Gasteiger partial charge in [-0.15, -0.1) is 15.3 Å². The fourth-order valence-corrected chi connectivity index (χ4v) is 3.64. The first-order chi connectivity index (χ1) is 12.8. The number of morpholine rings is 1. The molecule has 0 radical (unpaired) electrons. The number of fused-ring (bicyclic) bond motifs is 1. The molecule has 2 amide bonds. The van der Waals surface area contributed by atoms with E-state index in [9.17, 15) is 4.79 Å². The van der Waals surface area contributed by atoms with Crippen molar-refractivity contribution in [3.8, 4) is 0 Å². The Labute approximate surface area is 151 Å². The third-order valence-electron chi connectivity index (χ3n) is 5.37. The minimum Gasteiger partial charge on any atom is -0.378 e. The number of piperazine rings is 1. The highest BCUT2D eigenvalue weighted by Gasteiger charge is 2.30. The zero-order chi connectivity index (χ0) is 17.5. The average molecular weight is 357 g/mol. The third kappa shape index (κ3) is 2.86. The van der Waals surface area contributed by atoms with Gasteiger partial charge in [-0.2, -0.15) is 4.52 Å². The van der Waals surface area contributed by atoms with Gasteiger partial charge in [-0.3, -0.25) is 0 Å². The molecule has 2 aromatic rings. The Bertz CT molecular complexity index is 805. The second-order valence-corrected chi connectivity index (χ2v) is 7.15. The first kappa shape index (κ1) is 15.8. The normalized spacial score (nSPS) is 21.5. The summed E-state index contributed by atoms with van der Waals surface area (Å²) in [4.78, 5) is 18.7. The molecule has 1 saturated carbocycles. The number of anilines is 1. The van der Waals surface area contributed by atoms with Crippen LogP contribution in [0.3, 0.4) is 0 Å². The molecule has 9 nitrogen and oxygen atoms in total. The number of amides is 2. The molecule has 4 heterocycles. The fourth-order valence-electron chi connectivity index (χ4n) is 3.64. The van der Waals surface area contributed by atoms with Gasteiger partial charge in [-0.1, -0.05) is 0 Å². The Balaban J connectivity index is 1.27. The van der Waals surface area contributed by atoms with Crippen LogP contribution in [0.25, 0.3) is 5.65 Å². The highest BCUT2D eigenvalue weighted by Crippen LogP contribution is 2.38. The van der Waals surface area contributed by atoms with Crippen molar-refractivity contribution >= 4 is 17.5 Å². The minimum absolute atomic E-state index is 0.131. The van der Waals surface area contributed by atoms with Crippen molar-refractivity contribution in [3.05, 3.63) is 18.0 Å². The van der Waals surface area contributed by atoms with Crippen LogP contribution in [-0.2, 0) is 4.74 Å². The maximum Gasteiger partial charge on any atom is 0.320 e. The van der Waals surface area contributed by atoms with Crippen LogP contribution in [-0.4, -0.2) is 88.1 Å². The van der Waals surface area contributed by atoms with Gasteiger partial charge < -0.3 is 19.4 Å². The molecule has 0 N–H and O–H groups in total. The quantitative estimate of drug-likeness (QED) is 0.782. The van der Waals surface area contributed by atoms with Crippen LogP contribution in [0.15, 0.2) is 12.1 Å². The van der Waals surface area contributed by atoms with E-state index in [1.54, 1.807) is 0 Å². The largest absolute Gasteiger partial charge is 0.378 e. The number of hydrogen-bond donors (Lipinski definition) is 0. The van der Waals surface area contributed by atoms with E-state index in [0.29, 0.717) is 45.3 Å². The summed E-state index contributed by atoms with van der Waals surface area (Å²) in [5.74, 6) is 2.41. The summed E-state index contributed by atoms with van der Waals surface area (Å²) in [5, 5.41) is 13.3. The predicted molar refractivity (Wildman–Crippen MR) is 94.3 cm³/mol. The van der Waals surface area contributed by atoms with Gasteiger partial charge in [-0.25, -0.2) is 4.79 Å². The van der Waals surface area contributed by atoms with Gasteiger partial charge >= 0.3 is 6.03 Å². The molecule has 2 aromatic heterocycles. The molecule has 0 atom stereocenters. The summed E-state index contributed by atoms with van der Waals surface area (Å²) in [6.45, 7) is 5.66. The standard InChI is InChI=1S/C17H23N7O2/c25-17(23-9-11-26-12-10-23)22-7-5-21(6-8-22)15-4-3-14-18-19-16(13-1-2-13)24(14)20-15/h3-4,13H,1-2,5-12H2. The molecule has 3 fully saturated rings. The van der Waals surface area contributed by atoms with Gasteiger partial charge in [-0.05, 0) is 25.0 Å². The lowest BCUT2D eigenvalue weighted by atomic mass is 10.3. The Morgan fingerprint density at radius 1 is 0.962 bits per heavy atom. The molecule has 2 saturated heterocycles. The lowest BCUT2D eigenvalue weighted by Crippen LogP contribution is -2.55. The van der Waals surface area contributed by atoms with E-state index in [2.05, 4.69) is 15.1 Å². The summed E-state index contributed by atoms with van der Waals surface area (Å²) in [5.41, 5.74) is 0.803. The van der Waals surface area contributed by atoms with Gasteiger partial charge in [0.2, 0.25) is 0 Å². The molecule has 9 heteroatoms. The molecular weight excluding hydrogens is 334 g/mol. The first-order valence-corrected chi connectivity index (χ1v) is 9.38. The van der Waals surface area contributed by atoms with Crippen molar-refractivity contribution in [2.45, 2.75) is 18.8 Å². The summed E-state index contributed by atoms with van der Waals surface area (Å²) < 4.78 is 7.22. The number of carbonyl (C=O) groups is 1. The third-order valence-corrected chi connectivity index (χ3v) is 5.37. The Kier molecular flexibility index (Phi) is 3.88.